The van der Waals surface area contributed by atoms with Gasteiger partial charge in [-0.2, -0.15) is 0 Å². The van der Waals surface area contributed by atoms with Crippen LogP contribution in [0.2, 0.25) is 0 Å². The molecule has 2 rings (SSSR count). The van der Waals surface area contributed by atoms with Crippen LogP contribution in [0.4, 0.5) is 0 Å². The molecule has 0 unspecified atom stereocenters. The molecular weight excluding hydrogens is 262 g/mol. The maximum atomic E-state index is 5.73. The first kappa shape index (κ1) is 15.1. The van der Waals surface area contributed by atoms with Crippen molar-refractivity contribution in [3.63, 3.8) is 0 Å². The van der Waals surface area contributed by atoms with E-state index in [-0.39, 0.29) is 0 Å². The Labute approximate surface area is 126 Å². The first-order chi connectivity index (χ1) is 10.3. The lowest BCUT2D eigenvalue weighted by molar-refractivity contribution is 0.322. The number of nitrogens with one attached hydrogen (secondary N) is 1. The SMILES string of the molecule is C=CCOc1c(CNCc2ccccc2)cccc1OC. The Morgan fingerprint density at radius 1 is 1.05 bits per heavy atom. The number of hydrogen-bond donors (Lipinski definition) is 1. The highest BCUT2D eigenvalue weighted by atomic mass is 16.5. The van der Waals surface area contributed by atoms with Crippen molar-refractivity contribution in [1.82, 2.24) is 5.32 Å². The summed E-state index contributed by atoms with van der Waals surface area (Å²) >= 11 is 0. The third kappa shape index (κ3) is 4.36. The van der Waals surface area contributed by atoms with Gasteiger partial charge in [0, 0.05) is 18.7 Å². The van der Waals surface area contributed by atoms with E-state index in [1.165, 1.54) is 5.56 Å². The molecule has 0 bridgehead atoms. The molecule has 0 atom stereocenters. The first-order valence-corrected chi connectivity index (χ1v) is 6.99. The van der Waals surface area contributed by atoms with Gasteiger partial charge in [-0.05, 0) is 11.6 Å². The second kappa shape index (κ2) is 8.12. The topological polar surface area (TPSA) is 30.5 Å². The molecule has 3 nitrogen and oxygen atoms in total. The molecule has 0 aromatic heterocycles. The van der Waals surface area contributed by atoms with Crippen LogP contribution in [0.25, 0.3) is 0 Å². The molecule has 2 aromatic carbocycles. The predicted octanol–water partition coefficient (Wildman–Crippen LogP) is 3.55. The smallest absolute Gasteiger partial charge is 0.166 e. The molecule has 0 spiro atoms. The van der Waals surface area contributed by atoms with E-state index in [0.717, 1.165) is 30.2 Å². The van der Waals surface area contributed by atoms with Crippen molar-refractivity contribution in [3.05, 3.63) is 72.3 Å². The highest BCUT2D eigenvalue weighted by Crippen LogP contribution is 2.31. The van der Waals surface area contributed by atoms with Crippen LogP contribution in [-0.4, -0.2) is 13.7 Å². The van der Waals surface area contributed by atoms with Crippen molar-refractivity contribution in [2.24, 2.45) is 0 Å². The van der Waals surface area contributed by atoms with Gasteiger partial charge in [-0.3, -0.25) is 0 Å². The Morgan fingerprint density at radius 2 is 1.86 bits per heavy atom. The van der Waals surface area contributed by atoms with E-state index in [2.05, 4.69) is 24.0 Å². The summed E-state index contributed by atoms with van der Waals surface area (Å²) in [4.78, 5) is 0. The van der Waals surface area contributed by atoms with E-state index in [0.29, 0.717) is 6.61 Å². The fourth-order valence-corrected chi connectivity index (χ4v) is 2.10. The molecule has 0 amide bonds. The lowest BCUT2D eigenvalue weighted by Crippen LogP contribution is -2.14. The number of benzene rings is 2. The molecule has 0 aliphatic heterocycles. The quantitative estimate of drug-likeness (QED) is 0.752. The monoisotopic (exact) mass is 283 g/mol. The van der Waals surface area contributed by atoms with Crippen LogP contribution in [0.5, 0.6) is 11.5 Å². The number of para-hydroxylation sites is 1. The van der Waals surface area contributed by atoms with E-state index in [1.807, 2.05) is 36.4 Å². The normalized spacial score (nSPS) is 10.1. The minimum absolute atomic E-state index is 0.464. The third-order valence-electron chi connectivity index (χ3n) is 3.11. The Hall–Kier alpha value is -2.26. The lowest BCUT2D eigenvalue weighted by atomic mass is 10.1. The second-order valence-corrected chi connectivity index (χ2v) is 4.64. The largest absolute Gasteiger partial charge is 0.493 e. The summed E-state index contributed by atoms with van der Waals surface area (Å²) in [6.45, 7) is 5.68. The van der Waals surface area contributed by atoms with Crippen LogP contribution in [0.1, 0.15) is 11.1 Å². The Balaban J connectivity index is 2.03. The summed E-state index contributed by atoms with van der Waals surface area (Å²) in [6, 6.07) is 16.2. The standard InChI is InChI=1S/C18H21NO2/c1-3-12-21-18-16(10-7-11-17(18)20-2)14-19-13-15-8-5-4-6-9-15/h3-11,19H,1,12-14H2,2H3. The minimum atomic E-state index is 0.464. The van der Waals surface area contributed by atoms with Crippen molar-refractivity contribution < 1.29 is 9.47 Å². The van der Waals surface area contributed by atoms with Crippen LogP contribution < -0.4 is 14.8 Å². The summed E-state index contributed by atoms with van der Waals surface area (Å²) in [5.74, 6) is 1.52. The molecule has 0 aliphatic carbocycles. The van der Waals surface area contributed by atoms with Crippen LogP contribution in [0.15, 0.2) is 61.2 Å². The highest BCUT2D eigenvalue weighted by Gasteiger charge is 2.09. The molecule has 0 saturated carbocycles. The summed E-state index contributed by atoms with van der Waals surface area (Å²) in [5.41, 5.74) is 2.33. The third-order valence-corrected chi connectivity index (χ3v) is 3.11. The van der Waals surface area contributed by atoms with Crippen molar-refractivity contribution in [2.45, 2.75) is 13.1 Å². The van der Waals surface area contributed by atoms with Gasteiger partial charge in [-0.25, -0.2) is 0 Å². The van der Waals surface area contributed by atoms with E-state index >= 15 is 0 Å². The van der Waals surface area contributed by atoms with Crippen LogP contribution in [0.3, 0.4) is 0 Å². The molecule has 0 saturated heterocycles. The van der Waals surface area contributed by atoms with Gasteiger partial charge in [-0.15, -0.1) is 0 Å². The predicted molar refractivity (Wildman–Crippen MR) is 85.7 cm³/mol. The zero-order valence-electron chi connectivity index (χ0n) is 12.3. The molecule has 110 valence electrons. The zero-order valence-corrected chi connectivity index (χ0v) is 12.3. The number of methoxy groups -OCH3 is 1. The van der Waals surface area contributed by atoms with Crippen molar-refractivity contribution in [2.75, 3.05) is 13.7 Å². The average Bonchev–Trinajstić information content (AvgIpc) is 2.54. The van der Waals surface area contributed by atoms with Crippen molar-refractivity contribution in [3.8, 4) is 11.5 Å². The fraction of sp³-hybridized carbons (Fsp3) is 0.222. The van der Waals surface area contributed by atoms with Gasteiger partial charge >= 0.3 is 0 Å². The van der Waals surface area contributed by atoms with Crippen LogP contribution in [0, 0.1) is 0 Å². The van der Waals surface area contributed by atoms with Gasteiger partial charge in [0.2, 0.25) is 0 Å². The zero-order chi connectivity index (χ0) is 14.9. The van der Waals surface area contributed by atoms with Crippen LogP contribution >= 0.6 is 0 Å². The van der Waals surface area contributed by atoms with E-state index in [9.17, 15) is 0 Å². The Morgan fingerprint density at radius 3 is 2.57 bits per heavy atom. The molecular formula is C18H21NO2. The Kier molecular flexibility index (Phi) is 5.85. The summed E-state index contributed by atoms with van der Waals surface area (Å²) < 4.78 is 11.1. The van der Waals surface area contributed by atoms with E-state index in [1.54, 1.807) is 13.2 Å². The molecule has 21 heavy (non-hydrogen) atoms. The molecule has 0 fully saturated rings. The van der Waals surface area contributed by atoms with Gasteiger partial charge in [0.25, 0.3) is 0 Å². The number of ether oxygens (including phenoxy) is 2. The average molecular weight is 283 g/mol. The van der Waals surface area contributed by atoms with Gasteiger partial charge in [0.15, 0.2) is 11.5 Å². The van der Waals surface area contributed by atoms with Gasteiger partial charge in [0.1, 0.15) is 6.61 Å². The number of hydrogen-bond acceptors (Lipinski definition) is 3. The van der Waals surface area contributed by atoms with Gasteiger partial charge in [0.05, 0.1) is 7.11 Å². The first-order valence-electron chi connectivity index (χ1n) is 6.99. The molecule has 2 aromatic rings. The summed E-state index contributed by atoms with van der Waals surface area (Å²) in [7, 11) is 1.65. The van der Waals surface area contributed by atoms with Crippen LogP contribution in [-0.2, 0) is 13.1 Å². The van der Waals surface area contributed by atoms with Crippen molar-refractivity contribution in [1.29, 1.82) is 0 Å². The fourth-order valence-electron chi connectivity index (χ4n) is 2.10. The highest BCUT2D eigenvalue weighted by molar-refractivity contribution is 5.46. The van der Waals surface area contributed by atoms with E-state index < -0.39 is 0 Å². The van der Waals surface area contributed by atoms with Gasteiger partial charge < -0.3 is 14.8 Å². The Bertz CT molecular complexity index is 567. The second-order valence-electron chi connectivity index (χ2n) is 4.64. The summed E-state index contributed by atoms with van der Waals surface area (Å²) in [6.07, 6.45) is 1.73. The minimum Gasteiger partial charge on any atom is -0.493 e. The molecule has 1 N–H and O–H groups in total. The van der Waals surface area contributed by atoms with Gasteiger partial charge in [-0.1, -0.05) is 55.1 Å². The molecule has 0 radical (unpaired) electrons. The molecule has 0 heterocycles. The molecule has 3 heteroatoms. The lowest BCUT2D eigenvalue weighted by Gasteiger charge is -2.14. The maximum Gasteiger partial charge on any atom is 0.166 e. The summed E-state index contributed by atoms with van der Waals surface area (Å²) in [5, 5.41) is 3.42. The number of rotatable bonds is 8. The van der Waals surface area contributed by atoms with E-state index in [4.69, 9.17) is 9.47 Å². The maximum absolute atomic E-state index is 5.73. The van der Waals surface area contributed by atoms with Crippen molar-refractivity contribution >= 4 is 0 Å². The molecule has 0 aliphatic rings.